The average molecular weight is 338 g/mol. The molecule has 0 saturated carbocycles. The molecule has 0 amide bonds. The molecule has 2 rings (SSSR count). The van der Waals surface area contributed by atoms with Gasteiger partial charge in [-0.2, -0.15) is 0 Å². The summed E-state index contributed by atoms with van der Waals surface area (Å²) >= 11 is 0. The third-order valence-electron chi connectivity index (χ3n) is 4.42. The van der Waals surface area contributed by atoms with Crippen molar-refractivity contribution < 1.29 is 28.8 Å². The van der Waals surface area contributed by atoms with Crippen molar-refractivity contribution in [2.45, 2.75) is 25.7 Å². The standard InChI is InChI=1S/C18H26O6/c1-21-8-3-9-24-16-12-14(4-5-15(16)22-2)13-18(17(19)20)6-10-23-11-7-18/h4-5,12H,3,6-11,13H2,1-2H3,(H,19,20). The summed E-state index contributed by atoms with van der Waals surface area (Å²) < 4.78 is 21.4. The quantitative estimate of drug-likeness (QED) is 0.698. The Hall–Kier alpha value is -1.79. The maximum atomic E-state index is 11.8. The minimum absolute atomic E-state index is 0.462. The number of ether oxygens (including phenoxy) is 4. The van der Waals surface area contributed by atoms with Crippen LogP contribution < -0.4 is 9.47 Å². The number of aliphatic carboxylic acids is 1. The zero-order chi connectivity index (χ0) is 17.4. The van der Waals surface area contributed by atoms with E-state index in [1.54, 1.807) is 14.2 Å². The lowest BCUT2D eigenvalue weighted by atomic mass is 9.75. The second-order valence-corrected chi connectivity index (χ2v) is 6.05. The highest BCUT2D eigenvalue weighted by molar-refractivity contribution is 5.75. The lowest BCUT2D eigenvalue weighted by molar-refractivity contribution is -0.154. The molecule has 6 heteroatoms. The second-order valence-electron chi connectivity index (χ2n) is 6.05. The van der Waals surface area contributed by atoms with Crippen LogP contribution in [0.3, 0.4) is 0 Å². The summed E-state index contributed by atoms with van der Waals surface area (Å²) in [6, 6.07) is 5.61. The van der Waals surface area contributed by atoms with Gasteiger partial charge in [0.05, 0.1) is 19.1 Å². The number of hydrogen-bond acceptors (Lipinski definition) is 5. The molecular weight excluding hydrogens is 312 g/mol. The van der Waals surface area contributed by atoms with Gasteiger partial charge >= 0.3 is 5.97 Å². The monoisotopic (exact) mass is 338 g/mol. The molecule has 0 aliphatic carbocycles. The second kappa shape index (κ2) is 8.89. The fourth-order valence-corrected chi connectivity index (χ4v) is 2.95. The molecule has 1 aliphatic rings. The van der Waals surface area contributed by atoms with Gasteiger partial charge in [0.2, 0.25) is 0 Å². The minimum Gasteiger partial charge on any atom is -0.493 e. The van der Waals surface area contributed by atoms with Crippen LogP contribution in [0, 0.1) is 5.41 Å². The number of methoxy groups -OCH3 is 2. The van der Waals surface area contributed by atoms with Gasteiger partial charge in [0, 0.05) is 33.4 Å². The number of benzene rings is 1. The van der Waals surface area contributed by atoms with Crippen molar-refractivity contribution in [1.82, 2.24) is 0 Å². The highest BCUT2D eigenvalue weighted by atomic mass is 16.5. The Morgan fingerprint density at radius 2 is 1.96 bits per heavy atom. The Labute approximate surface area is 142 Å². The first-order valence-corrected chi connectivity index (χ1v) is 8.21. The van der Waals surface area contributed by atoms with E-state index in [1.807, 2.05) is 18.2 Å². The summed E-state index contributed by atoms with van der Waals surface area (Å²) in [5.41, 5.74) is 0.169. The predicted octanol–water partition coefficient (Wildman–Crippen LogP) is 2.53. The number of carboxylic acids is 1. The van der Waals surface area contributed by atoms with E-state index in [-0.39, 0.29) is 0 Å². The molecule has 0 radical (unpaired) electrons. The van der Waals surface area contributed by atoms with Crippen LogP contribution in [0.25, 0.3) is 0 Å². The van der Waals surface area contributed by atoms with Crippen LogP contribution in [0.5, 0.6) is 11.5 Å². The Bertz CT molecular complexity index is 536. The number of hydrogen-bond donors (Lipinski definition) is 1. The van der Waals surface area contributed by atoms with E-state index < -0.39 is 11.4 Å². The molecule has 6 nitrogen and oxygen atoms in total. The summed E-state index contributed by atoms with van der Waals surface area (Å²) in [5, 5.41) is 9.70. The zero-order valence-electron chi connectivity index (χ0n) is 14.4. The molecule has 1 aromatic rings. The maximum Gasteiger partial charge on any atom is 0.310 e. The molecule has 0 spiro atoms. The molecule has 134 valence electrons. The van der Waals surface area contributed by atoms with Gasteiger partial charge in [-0.3, -0.25) is 4.79 Å². The topological polar surface area (TPSA) is 74.2 Å². The normalized spacial score (nSPS) is 16.6. The minimum atomic E-state index is -0.764. The Kier molecular flexibility index (Phi) is 6.87. The summed E-state index contributed by atoms with van der Waals surface area (Å²) in [7, 11) is 3.24. The molecule has 0 bridgehead atoms. The average Bonchev–Trinajstić information content (AvgIpc) is 2.59. The molecule has 0 aromatic heterocycles. The van der Waals surface area contributed by atoms with Crippen molar-refractivity contribution in [1.29, 1.82) is 0 Å². The number of carbonyl (C=O) groups is 1. The fraction of sp³-hybridized carbons (Fsp3) is 0.611. The van der Waals surface area contributed by atoms with Crippen molar-refractivity contribution in [3.8, 4) is 11.5 Å². The van der Waals surface area contributed by atoms with E-state index >= 15 is 0 Å². The maximum absolute atomic E-state index is 11.8. The highest BCUT2D eigenvalue weighted by Crippen LogP contribution is 2.37. The molecule has 1 saturated heterocycles. The van der Waals surface area contributed by atoms with E-state index in [0.717, 1.165) is 12.0 Å². The third-order valence-corrected chi connectivity index (χ3v) is 4.42. The van der Waals surface area contributed by atoms with Crippen molar-refractivity contribution in [3.05, 3.63) is 23.8 Å². The van der Waals surface area contributed by atoms with Crippen molar-refractivity contribution in [2.24, 2.45) is 5.41 Å². The van der Waals surface area contributed by atoms with Gasteiger partial charge in [-0.25, -0.2) is 0 Å². The SMILES string of the molecule is COCCCOc1cc(CC2(C(=O)O)CCOCC2)ccc1OC. The van der Waals surface area contributed by atoms with E-state index in [9.17, 15) is 9.90 Å². The van der Waals surface area contributed by atoms with Crippen LogP contribution in [0.1, 0.15) is 24.8 Å². The Balaban J connectivity index is 2.13. The van der Waals surface area contributed by atoms with Gasteiger partial charge in [-0.1, -0.05) is 6.07 Å². The first-order valence-electron chi connectivity index (χ1n) is 8.21. The Morgan fingerprint density at radius 3 is 2.58 bits per heavy atom. The molecular formula is C18H26O6. The third kappa shape index (κ3) is 4.61. The molecule has 0 unspecified atom stereocenters. The van der Waals surface area contributed by atoms with E-state index in [2.05, 4.69) is 0 Å². The fourth-order valence-electron chi connectivity index (χ4n) is 2.95. The zero-order valence-corrected chi connectivity index (χ0v) is 14.4. The molecule has 1 aliphatic heterocycles. The van der Waals surface area contributed by atoms with E-state index in [0.29, 0.717) is 57.2 Å². The van der Waals surface area contributed by atoms with Crippen LogP contribution in [0.15, 0.2) is 18.2 Å². The molecule has 1 fully saturated rings. The first kappa shape index (κ1) is 18.5. The van der Waals surface area contributed by atoms with Crippen LogP contribution in [0.4, 0.5) is 0 Å². The first-order chi connectivity index (χ1) is 11.6. The summed E-state index contributed by atoms with van der Waals surface area (Å²) in [4.78, 5) is 11.8. The van der Waals surface area contributed by atoms with Gasteiger partial charge in [0.25, 0.3) is 0 Å². The predicted molar refractivity (Wildman–Crippen MR) is 88.8 cm³/mol. The van der Waals surface area contributed by atoms with Gasteiger partial charge in [0.1, 0.15) is 0 Å². The van der Waals surface area contributed by atoms with Crippen molar-refractivity contribution in [3.63, 3.8) is 0 Å². The summed E-state index contributed by atoms with van der Waals surface area (Å²) in [6.07, 6.45) is 2.29. The van der Waals surface area contributed by atoms with Crippen LogP contribution in [-0.4, -0.2) is 51.7 Å². The van der Waals surface area contributed by atoms with Gasteiger partial charge in [-0.05, 0) is 37.0 Å². The van der Waals surface area contributed by atoms with Crippen molar-refractivity contribution >= 4 is 5.97 Å². The summed E-state index contributed by atoms with van der Waals surface area (Å²) in [5.74, 6) is 0.524. The van der Waals surface area contributed by atoms with E-state index in [1.165, 1.54) is 0 Å². The molecule has 0 atom stereocenters. The lowest BCUT2D eigenvalue weighted by Gasteiger charge is -2.33. The number of carboxylic acid groups (broad SMARTS) is 1. The van der Waals surface area contributed by atoms with Gasteiger partial charge in [0.15, 0.2) is 11.5 Å². The Morgan fingerprint density at radius 1 is 1.21 bits per heavy atom. The molecule has 1 N–H and O–H groups in total. The largest absolute Gasteiger partial charge is 0.493 e. The summed E-state index contributed by atoms with van der Waals surface area (Å²) in [6.45, 7) is 2.13. The van der Waals surface area contributed by atoms with Crippen LogP contribution in [0.2, 0.25) is 0 Å². The van der Waals surface area contributed by atoms with Gasteiger partial charge in [-0.15, -0.1) is 0 Å². The van der Waals surface area contributed by atoms with Crippen LogP contribution >= 0.6 is 0 Å². The van der Waals surface area contributed by atoms with E-state index in [4.69, 9.17) is 18.9 Å². The van der Waals surface area contributed by atoms with Crippen molar-refractivity contribution in [2.75, 3.05) is 40.6 Å². The van der Waals surface area contributed by atoms with Crippen LogP contribution in [-0.2, 0) is 20.7 Å². The molecule has 24 heavy (non-hydrogen) atoms. The lowest BCUT2D eigenvalue weighted by Crippen LogP contribution is -2.39. The molecule has 1 heterocycles. The number of rotatable bonds is 9. The smallest absolute Gasteiger partial charge is 0.310 e. The highest BCUT2D eigenvalue weighted by Gasteiger charge is 2.40. The molecule has 1 aromatic carbocycles. The van der Waals surface area contributed by atoms with Gasteiger partial charge < -0.3 is 24.1 Å².